The van der Waals surface area contributed by atoms with Crippen molar-refractivity contribution in [2.45, 2.75) is 19.3 Å². The highest BCUT2D eigenvalue weighted by Gasteiger charge is 2.34. The molecule has 0 saturated heterocycles. The van der Waals surface area contributed by atoms with Gasteiger partial charge in [0.2, 0.25) is 5.78 Å². The number of carboxylic acid groups (broad SMARTS) is 1. The van der Waals surface area contributed by atoms with Crippen LogP contribution in [-0.2, 0) is 15.0 Å². The average Bonchev–Trinajstić information content (AvgIpc) is 2.17. The number of phenolic OH excluding ortho intramolecular Hbond substituents is 1. The molecule has 0 amide bonds. The monoisotopic (exact) mass is 208 g/mol. The van der Waals surface area contributed by atoms with Crippen LogP contribution in [0.1, 0.15) is 19.4 Å². The lowest BCUT2D eigenvalue weighted by Crippen LogP contribution is -2.34. The molecule has 0 spiro atoms. The van der Waals surface area contributed by atoms with E-state index in [2.05, 4.69) is 0 Å². The van der Waals surface area contributed by atoms with Gasteiger partial charge in [-0.05, 0) is 31.5 Å². The summed E-state index contributed by atoms with van der Waals surface area (Å²) in [6, 6.07) is 5.92. The van der Waals surface area contributed by atoms with Gasteiger partial charge in [0.25, 0.3) is 0 Å². The maximum atomic E-state index is 11.4. The van der Waals surface area contributed by atoms with Crippen molar-refractivity contribution >= 4 is 11.8 Å². The van der Waals surface area contributed by atoms with E-state index in [4.69, 9.17) is 10.2 Å². The second-order valence-corrected chi connectivity index (χ2v) is 3.81. The highest BCUT2D eigenvalue weighted by atomic mass is 16.4. The van der Waals surface area contributed by atoms with Gasteiger partial charge >= 0.3 is 5.97 Å². The number of benzene rings is 1. The van der Waals surface area contributed by atoms with E-state index >= 15 is 0 Å². The Balaban J connectivity index is 3.10. The van der Waals surface area contributed by atoms with Gasteiger partial charge in [0, 0.05) is 0 Å². The number of carbonyl (C=O) groups is 2. The maximum Gasteiger partial charge on any atom is 0.373 e. The molecule has 80 valence electrons. The summed E-state index contributed by atoms with van der Waals surface area (Å²) >= 11 is 0. The van der Waals surface area contributed by atoms with Gasteiger partial charge in [-0.3, -0.25) is 4.79 Å². The standard InChI is InChI=1S/C11H12O4/c1-11(2,9(13)10(14)15)7-3-5-8(12)6-4-7/h3-6,12H,1-2H3,(H,14,15). The van der Waals surface area contributed by atoms with Crippen LogP contribution in [0, 0.1) is 0 Å². The molecular weight excluding hydrogens is 196 g/mol. The van der Waals surface area contributed by atoms with Crippen molar-refractivity contribution < 1.29 is 19.8 Å². The topological polar surface area (TPSA) is 74.6 Å². The van der Waals surface area contributed by atoms with Crippen LogP contribution in [0.4, 0.5) is 0 Å². The molecule has 0 aromatic heterocycles. The quantitative estimate of drug-likeness (QED) is 0.735. The smallest absolute Gasteiger partial charge is 0.373 e. The van der Waals surface area contributed by atoms with Crippen LogP contribution in [0.5, 0.6) is 5.75 Å². The van der Waals surface area contributed by atoms with Crippen molar-refractivity contribution in [1.82, 2.24) is 0 Å². The number of hydrogen-bond acceptors (Lipinski definition) is 3. The molecule has 0 heterocycles. The third kappa shape index (κ3) is 2.15. The SMILES string of the molecule is CC(C)(C(=O)C(=O)O)c1ccc(O)cc1. The normalized spacial score (nSPS) is 11.1. The zero-order valence-electron chi connectivity index (χ0n) is 8.52. The lowest BCUT2D eigenvalue weighted by molar-refractivity contribution is -0.151. The second kappa shape index (κ2) is 3.73. The lowest BCUT2D eigenvalue weighted by Gasteiger charge is -2.21. The number of phenols is 1. The molecule has 0 fully saturated rings. The Morgan fingerprint density at radius 2 is 1.60 bits per heavy atom. The summed E-state index contributed by atoms with van der Waals surface area (Å²) in [6.45, 7) is 3.08. The van der Waals surface area contributed by atoms with Crippen molar-refractivity contribution in [1.29, 1.82) is 0 Å². The van der Waals surface area contributed by atoms with Crippen molar-refractivity contribution in [3.8, 4) is 5.75 Å². The van der Waals surface area contributed by atoms with E-state index < -0.39 is 17.2 Å². The molecule has 0 aliphatic carbocycles. The molecule has 0 unspecified atom stereocenters. The average molecular weight is 208 g/mol. The van der Waals surface area contributed by atoms with Crippen LogP contribution in [0.2, 0.25) is 0 Å². The van der Waals surface area contributed by atoms with Gasteiger partial charge in [-0.25, -0.2) is 4.79 Å². The van der Waals surface area contributed by atoms with Gasteiger partial charge in [-0.1, -0.05) is 12.1 Å². The summed E-state index contributed by atoms with van der Waals surface area (Å²) in [7, 11) is 0. The summed E-state index contributed by atoms with van der Waals surface area (Å²) < 4.78 is 0. The van der Waals surface area contributed by atoms with Crippen LogP contribution in [0.15, 0.2) is 24.3 Å². The van der Waals surface area contributed by atoms with E-state index in [1.807, 2.05) is 0 Å². The van der Waals surface area contributed by atoms with Gasteiger partial charge in [0.15, 0.2) is 0 Å². The summed E-state index contributed by atoms with van der Waals surface area (Å²) in [5, 5.41) is 17.7. The molecule has 0 aliphatic rings. The van der Waals surface area contributed by atoms with Crippen LogP contribution < -0.4 is 0 Å². The second-order valence-electron chi connectivity index (χ2n) is 3.81. The zero-order valence-corrected chi connectivity index (χ0v) is 8.52. The molecule has 4 nitrogen and oxygen atoms in total. The van der Waals surface area contributed by atoms with E-state index in [0.717, 1.165) is 0 Å². The predicted octanol–water partition coefficient (Wildman–Crippen LogP) is 1.32. The van der Waals surface area contributed by atoms with Crippen molar-refractivity contribution in [2.24, 2.45) is 0 Å². The summed E-state index contributed by atoms with van der Waals surface area (Å²) in [6.07, 6.45) is 0. The molecule has 0 radical (unpaired) electrons. The molecule has 0 atom stereocenters. The van der Waals surface area contributed by atoms with Crippen molar-refractivity contribution in [3.05, 3.63) is 29.8 Å². The first-order valence-electron chi connectivity index (χ1n) is 4.43. The third-order valence-electron chi connectivity index (χ3n) is 2.35. The predicted molar refractivity (Wildman–Crippen MR) is 53.8 cm³/mol. The number of Topliss-reactive ketones (excluding diaryl/α,β-unsaturated/α-hetero) is 1. The van der Waals surface area contributed by atoms with E-state index in [9.17, 15) is 9.59 Å². The zero-order chi connectivity index (χ0) is 11.6. The third-order valence-corrected chi connectivity index (χ3v) is 2.35. The Morgan fingerprint density at radius 1 is 1.13 bits per heavy atom. The number of aliphatic carboxylic acids is 1. The van der Waals surface area contributed by atoms with Crippen LogP contribution >= 0.6 is 0 Å². The Hall–Kier alpha value is -1.84. The number of aromatic hydroxyl groups is 1. The Kier molecular flexibility index (Phi) is 2.79. The molecule has 15 heavy (non-hydrogen) atoms. The number of ketones is 1. The fourth-order valence-electron chi connectivity index (χ4n) is 1.28. The van der Waals surface area contributed by atoms with Crippen LogP contribution in [0.25, 0.3) is 0 Å². The first kappa shape index (κ1) is 11.2. The summed E-state index contributed by atoms with van der Waals surface area (Å²) in [5.74, 6) is -2.24. The van der Waals surface area contributed by atoms with Gasteiger partial charge in [-0.2, -0.15) is 0 Å². The molecular formula is C11H12O4. The minimum atomic E-state index is -1.45. The Labute approximate surface area is 87.2 Å². The van der Waals surface area contributed by atoms with Gasteiger partial charge < -0.3 is 10.2 Å². The van der Waals surface area contributed by atoms with Crippen LogP contribution in [0.3, 0.4) is 0 Å². The van der Waals surface area contributed by atoms with Crippen molar-refractivity contribution in [2.75, 3.05) is 0 Å². The number of rotatable bonds is 3. The lowest BCUT2D eigenvalue weighted by atomic mass is 9.80. The highest BCUT2D eigenvalue weighted by Crippen LogP contribution is 2.25. The van der Waals surface area contributed by atoms with Gasteiger partial charge in [0.05, 0.1) is 5.41 Å². The largest absolute Gasteiger partial charge is 0.508 e. The highest BCUT2D eigenvalue weighted by molar-refractivity contribution is 6.36. The van der Waals surface area contributed by atoms with E-state index in [1.54, 1.807) is 0 Å². The van der Waals surface area contributed by atoms with Crippen LogP contribution in [-0.4, -0.2) is 22.0 Å². The molecule has 0 aliphatic heterocycles. The molecule has 1 aromatic rings. The first-order valence-corrected chi connectivity index (χ1v) is 4.43. The molecule has 2 N–H and O–H groups in total. The molecule has 1 rings (SSSR count). The van der Waals surface area contributed by atoms with Gasteiger partial charge in [-0.15, -0.1) is 0 Å². The fourth-order valence-corrected chi connectivity index (χ4v) is 1.28. The fraction of sp³-hybridized carbons (Fsp3) is 0.273. The van der Waals surface area contributed by atoms with Crippen molar-refractivity contribution in [3.63, 3.8) is 0 Å². The van der Waals surface area contributed by atoms with E-state index in [1.165, 1.54) is 38.1 Å². The van der Waals surface area contributed by atoms with E-state index in [0.29, 0.717) is 5.56 Å². The molecule has 0 bridgehead atoms. The Morgan fingerprint density at radius 3 is 2.00 bits per heavy atom. The first-order chi connectivity index (χ1) is 6.85. The van der Waals surface area contributed by atoms with Gasteiger partial charge in [0.1, 0.15) is 5.75 Å². The minimum absolute atomic E-state index is 0.0809. The summed E-state index contributed by atoms with van der Waals surface area (Å²) in [5.41, 5.74) is -0.521. The molecule has 4 heteroatoms. The summed E-state index contributed by atoms with van der Waals surface area (Å²) in [4.78, 5) is 22.0. The maximum absolute atomic E-state index is 11.4. The number of carboxylic acids is 1. The number of carbonyl (C=O) groups excluding carboxylic acids is 1. The molecule has 0 saturated carbocycles. The van der Waals surface area contributed by atoms with E-state index in [-0.39, 0.29) is 5.75 Å². The molecule has 1 aromatic carbocycles. The Bertz CT molecular complexity index is 390. The minimum Gasteiger partial charge on any atom is -0.508 e. The number of hydrogen-bond donors (Lipinski definition) is 2.